The first kappa shape index (κ1) is 26.3. The zero-order valence-corrected chi connectivity index (χ0v) is 20.1. The topological polar surface area (TPSA) is 113 Å². The summed E-state index contributed by atoms with van der Waals surface area (Å²) in [5, 5.41) is 10.5. The molecule has 0 saturated heterocycles. The van der Waals surface area contributed by atoms with E-state index in [1.807, 2.05) is 6.07 Å². The predicted molar refractivity (Wildman–Crippen MR) is 116 cm³/mol. The Hall–Kier alpha value is -2.32. The number of nitriles is 1. The number of carbonyl (C=O) groups is 2. The van der Waals surface area contributed by atoms with Crippen LogP contribution in [-0.2, 0) is 19.4 Å². The molecule has 2 unspecified atom stereocenters. The first-order chi connectivity index (χ1) is 15.7. The smallest absolute Gasteiger partial charge is 0.425 e. The number of sulfone groups is 1. The Morgan fingerprint density at radius 3 is 2.35 bits per heavy atom. The molecule has 2 aliphatic rings. The Bertz CT molecular complexity index is 1130. The maximum Gasteiger partial charge on any atom is 0.425 e. The fourth-order valence-electron chi connectivity index (χ4n) is 4.03. The summed E-state index contributed by atoms with van der Waals surface area (Å²) >= 11 is 6.12. The molecule has 0 spiro atoms. The molecule has 7 nitrogen and oxygen atoms in total. The van der Waals surface area contributed by atoms with Crippen LogP contribution in [0.2, 0.25) is 5.02 Å². The van der Waals surface area contributed by atoms with Gasteiger partial charge in [-0.3, -0.25) is 9.59 Å². The minimum Gasteiger partial charge on any atom is -0.481 e. The second kappa shape index (κ2) is 9.38. The molecule has 2 fully saturated rings. The molecular formula is C22H24ClF3N2O5S. The third-order valence-corrected chi connectivity index (χ3v) is 9.01. The van der Waals surface area contributed by atoms with Gasteiger partial charge in [-0.2, -0.15) is 18.4 Å². The van der Waals surface area contributed by atoms with Crippen molar-refractivity contribution in [3.63, 3.8) is 0 Å². The maximum atomic E-state index is 13.4. The van der Waals surface area contributed by atoms with E-state index in [0.29, 0.717) is 12.8 Å². The van der Waals surface area contributed by atoms with E-state index in [0.717, 1.165) is 25.1 Å². The number of benzene rings is 1. The highest BCUT2D eigenvalue weighted by molar-refractivity contribution is 7.92. The van der Waals surface area contributed by atoms with Crippen LogP contribution in [0.15, 0.2) is 23.1 Å². The minimum atomic E-state index is -4.61. The molecular weight excluding hydrogens is 497 g/mol. The lowest BCUT2D eigenvalue weighted by molar-refractivity contribution is -0.189. The third-order valence-electron chi connectivity index (χ3n) is 6.36. The average molecular weight is 521 g/mol. The van der Waals surface area contributed by atoms with Gasteiger partial charge >= 0.3 is 6.18 Å². The standard InChI is InChI=1S/C22H24ClF3N2O5S/c1-12(29)14-7-15(20(30)28-21(11-27)5-6-21)9-17(8-14)34(31,32)19-4-3-16(10-18(19)23)33-13(2)22(24,25)26/h3-4,10,13-15,17H,5-9H2,1-2H3,(H,28,30)/t13?,14?,15-,17+/m1/s1. The van der Waals surface area contributed by atoms with Crippen LogP contribution in [0.4, 0.5) is 13.2 Å². The first-order valence-corrected chi connectivity index (χ1v) is 12.6. The molecule has 1 N–H and O–H groups in total. The second-order valence-electron chi connectivity index (χ2n) is 8.96. The van der Waals surface area contributed by atoms with Gasteiger partial charge in [0.05, 0.1) is 21.2 Å². The van der Waals surface area contributed by atoms with Crippen LogP contribution in [0, 0.1) is 23.2 Å². The van der Waals surface area contributed by atoms with Crippen molar-refractivity contribution < 1.29 is 35.9 Å². The number of Topliss-reactive ketones (excluding diaryl/α,β-unsaturated/α-hetero) is 1. The number of carbonyl (C=O) groups excluding carboxylic acids is 2. The molecule has 1 aromatic carbocycles. The summed E-state index contributed by atoms with van der Waals surface area (Å²) in [4.78, 5) is 24.6. The van der Waals surface area contributed by atoms with Crippen molar-refractivity contribution >= 4 is 33.1 Å². The zero-order valence-electron chi connectivity index (χ0n) is 18.5. The number of halogens is 4. The van der Waals surface area contributed by atoms with Crippen molar-refractivity contribution in [1.29, 1.82) is 5.26 Å². The predicted octanol–water partition coefficient (Wildman–Crippen LogP) is 3.99. The SMILES string of the molecule is CC(=O)C1C[C@@H](C(=O)NC2(C#N)CC2)C[C@@H](S(=O)(=O)c2ccc(OC(C)C(F)(F)F)cc2Cl)C1. The lowest BCUT2D eigenvalue weighted by Crippen LogP contribution is -2.45. The quantitative estimate of drug-likeness (QED) is 0.581. The lowest BCUT2D eigenvalue weighted by Gasteiger charge is -2.33. The molecule has 0 bridgehead atoms. The summed E-state index contributed by atoms with van der Waals surface area (Å²) in [5.74, 6) is -2.43. The minimum absolute atomic E-state index is 0.00940. The summed E-state index contributed by atoms with van der Waals surface area (Å²) in [6, 6.07) is 5.19. The molecule has 2 saturated carbocycles. The van der Waals surface area contributed by atoms with Crippen molar-refractivity contribution in [1.82, 2.24) is 5.32 Å². The number of alkyl halides is 3. The molecule has 0 aliphatic heterocycles. The Kier molecular flexibility index (Phi) is 7.25. The monoisotopic (exact) mass is 520 g/mol. The molecule has 4 atom stereocenters. The van der Waals surface area contributed by atoms with Gasteiger partial charge in [0.1, 0.15) is 17.1 Å². The third kappa shape index (κ3) is 5.66. The van der Waals surface area contributed by atoms with Crippen molar-refractivity contribution in [2.45, 2.75) is 73.9 Å². The molecule has 0 aromatic heterocycles. The zero-order chi connectivity index (χ0) is 25.5. The van der Waals surface area contributed by atoms with E-state index in [4.69, 9.17) is 16.3 Å². The van der Waals surface area contributed by atoms with Crippen LogP contribution in [0.1, 0.15) is 46.0 Å². The average Bonchev–Trinajstić information content (AvgIpc) is 3.52. The van der Waals surface area contributed by atoms with Gasteiger partial charge in [0.25, 0.3) is 0 Å². The number of nitrogens with one attached hydrogen (secondary N) is 1. The van der Waals surface area contributed by atoms with Gasteiger partial charge in [0.15, 0.2) is 15.9 Å². The summed E-state index contributed by atoms with van der Waals surface area (Å²) < 4.78 is 69.8. The van der Waals surface area contributed by atoms with Crippen molar-refractivity contribution in [3.05, 3.63) is 23.2 Å². The van der Waals surface area contributed by atoms with Gasteiger partial charge in [-0.05, 0) is 58.1 Å². The second-order valence-corrected chi connectivity index (χ2v) is 11.6. The summed E-state index contributed by atoms with van der Waals surface area (Å²) in [7, 11) is -4.14. The molecule has 1 aromatic rings. The Morgan fingerprint density at radius 1 is 1.24 bits per heavy atom. The molecule has 0 heterocycles. The Balaban J connectivity index is 1.84. The van der Waals surface area contributed by atoms with Crippen molar-refractivity contribution in [2.75, 3.05) is 0 Å². The summed E-state index contributed by atoms with van der Waals surface area (Å²) in [6.45, 7) is 2.14. The van der Waals surface area contributed by atoms with Gasteiger partial charge in [0, 0.05) is 17.9 Å². The maximum absolute atomic E-state index is 13.4. The largest absolute Gasteiger partial charge is 0.481 e. The normalized spacial score (nSPS) is 25.0. The molecule has 12 heteroatoms. The van der Waals surface area contributed by atoms with Crippen LogP contribution in [0.5, 0.6) is 5.75 Å². The molecule has 3 rings (SSSR count). The number of hydrogen-bond donors (Lipinski definition) is 1. The lowest BCUT2D eigenvalue weighted by atomic mass is 9.79. The van der Waals surface area contributed by atoms with Crippen LogP contribution in [0.25, 0.3) is 0 Å². The Labute approximate surface area is 200 Å². The number of ketones is 1. The summed E-state index contributed by atoms with van der Waals surface area (Å²) in [6.07, 6.45) is -5.62. The Morgan fingerprint density at radius 2 is 1.85 bits per heavy atom. The first-order valence-electron chi connectivity index (χ1n) is 10.7. The molecule has 2 aliphatic carbocycles. The van der Waals surface area contributed by atoms with Crippen LogP contribution in [-0.4, -0.2) is 43.2 Å². The van der Waals surface area contributed by atoms with E-state index in [2.05, 4.69) is 5.32 Å². The highest BCUT2D eigenvalue weighted by Gasteiger charge is 2.48. The highest BCUT2D eigenvalue weighted by atomic mass is 35.5. The van der Waals surface area contributed by atoms with Crippen LogP contribution >= 0.6 is 11.6 Å². The van der Waals surface area contributed by atoms with Gasteiger partial charge in [-0.1, -0.05) is 11.6 Å². The van der Waals surface area contributed by atoms with Gasteiger partial charge < -0.3 is 10.1 Å². The van der Waals surface area contributed by atoms with Crippen molar-refractivity contribution in [2.24, 2.45) is 11.8 Å². The van der Waals surface area contributed by atoms with Gasteiger partial charge in [0.2, 0.25) is 5.91 Å². The molecule has 186 valence electrons. The number of ether oxygens (including phenoxy) is 1. The fraction of sp³-hybridized carbons (Fsp3) is 0.591. The number of nitrogens with zero attached hydrogens (tertiary/aromatic N) is 1. The molecule has 0 radical (unpaired) electrons. The van der Waals surface area contributed by atoms with Crippen LogP contribution in [0.3, 0.4) is 0 Å². The van der Waals surface area contributed by atoms with Gasteiger partial charge in [-0.25, -0.2) is 8.42 Å². The van der Waals surface area contributed by atoms with Crippen LogP contribution < -0.4 is 10.1 Å². The molecule has 34 heavy (non-hydrogen) atoms. The van der Waals surface area contributed by atoms with E-state index >= 15 is 0 Å². The van der Waals surface area contributed by atoms with E-state index < -0.39 is 50.6 Å². The van der Waals surface area contributed by atoms with E-state index in [1.165, 1.54) is 6.92 Å². The summed E-state index contributed by atoms with van der Waals surface area (Å²) in [5.41, 5.74) is -0.929. The van der Waals surface area contributed by atoms with Crippen molar-refractivity contribution in [3.8, 4) is 11.8 Å². The highest BCUT2D eigenvalue weighted by Crippen LogP contribution is 2.40. The van der Waals surface area contributed by atoms with E-state index in [9.17, 15) is 36.4 Å². The number of amides is 1. The van der Waals surface area contributed by atoms with Gasteiger partial charge in [-0.15, -0.1) is 0 Å². The number of rotatable bonds is 7. The molecule has 1 amide bonds. The van der Waals surface area contributed by atoms with E-state index in [-0.39, 0.29) is 40.7 Å². The fourth-order valence-corrected chi connectivity index (χ4v) is 6.44. The van der Waals surface area contributed by atoms with E-state index in [1.54, 1.807) is 0 Å². The number of hydrogen-bond acceptors (Lipinski definition) is 6.